The van der Waals surface area contributed by atoms with E-state index in [2.05, 4.69) is 50.9 Å². The molecule has 2 aromatic carbocycles. The molecule has 3 rings (SSSR count). The van der Waals surface area contributed by atoms with Crippen LogP contribution >= 0.6 is 24.0 Å². The van der Waals surface area contributed by atoms with E-state index in [0.717, 1.165) is 57.2 Å². The zero-order valence-electron chi connectivity index (χ0n) is 17.2. The van der Waals surface area contributed by atoms with Crippen LogP contribution in [0.15, 0.2) is 65.7 Å². The van der Waals surface area contributed by atoms with Gasteiger partial charge in [-0.2, -0.15) is 0 Å². The third-order valence-corrected chi connectivity index (χ3v) is 5.03. The van der Waals surface area contributed by atoms with Crippen molar-refractivity contribution in [1.82, 2.24) is 15.5 Å². The highest BCUT2D eigenvalue weighted by atomic mass is 127. The molecular weight excluding hydrogens is 475 g/mol. The average molecular weight is 508 g/mol. The van der Waals surface area contributed by atoms with Crippen LogP contribution in [-0.2, 0) is 6.54 Å². The number of likely N-dealkylation sites (tertiary alicyclic amines) is 1. The molecule has 1 fully saturated rings. The Morgan fingerprint density at radius 1 is 1.03 bits per heavy atom. The Morgan fingerprint density at radius 3 is 2.34 bits per heavy atom. The second kappa shape index (κ2) is 13.4. The fourth-order valence-corrected chi connectivity index (χ4v) is 3.45. The number of ether oxygens (including phenoxy) is 1. The Labute approximate surface area is 192 Å². The fourth-order valence-electron chi connectivity index (χ4n) is 3.45. The molecule has 0 bridgehead atoms. The van der Waals surface area contributed by atoms with Crippen molar-refractivity contribution in [2.75, 3.05) is 33.3 Å². The van der Waals surface area contributed by atoms with Gasteiger partial charge in [-0.25, -0.2) is 0 Å². The lowest BCUT2D eigenvalue weighted by molar-refractivity contribution is 0.198. The van der Waals surface area contributed by atoms with Crippen molar-refractivity contribution in [2.24, 2.45) is 4.99 Å². The standard InChI is InChI=1S/C23H32N4O.HI/c1-24-23(25-15-8-18-28-22-11-6-3-7-12-22)26-21-13-16-27(17-14-21)19-20-9-4-2-5-10-20;/h2-7,9-12,21H,8,13-19H2,1H3,(H2,24,25,26);1H. The first-order valence-corrected chi connectivity index (χ1v) is 10.2. The number of nitrogens with one attached hydrogen (secondary N) is 2. The topological polar surface area (TPSA) is 48.9 Å². The van der Waals surface area contributed by atoms with Gasteiger partial charge in [-0.05, 0) is 37.0 Å². The molecule has 1 aliphatic heterocycles. The Morgan fingerprint density at radius 2 is 1.69 bits per heavy atom. The molecule has 0 radical (unpaired) electrons. The molecule has 0 saturated carbocycles. The van der Waals surface area contributed by atoms with Crippen LogP contribution in [0.2, 0.25) is 0 Å². The Bertz CT molecular complexity index is 703. The van der Waals surface area contributed by atoms with E-state index < -0.39 is 0 Å². The van der Waals surface area contributed by atoms with Crippen LogP contribution in [0.4, 0.5) is 0 Å². The van der Waals surface area contributed by atoms with Gasteiger partial charge in [0.05, 0.1) is 6.61 Å². The fraction of sp³-hybridized carbons (Fsp3) is 0.435. The number of guanidine groups is 1. The van der Waals surface area contributed by atoms with Gasteiger partial charge >= 0.3 is 0 Å². The van der Waals surface area contributed by atoms with Gasteiger partial charge in [0, 0.05) is 39.3 Å². The lowest BCUT2D eigenvalue weighted by Gasteiger charge is -2.33. The minimum absolute atomic E-state index is 0. The smallest absolute Gasteiger partial charge is 0.191 e. The van der Waals surface area contributed by atoms with E-state index in [-0.39, 0.29) is 24.0 Å². The first-order valence-electron chi connectivity index (χ1n) is 10.2. The van der Waals surface area contributed by atoms with Crippen molar-refractivity contribution in [1.29, 1.82) is 0 Å². The van der Waals surface area contributed by atoms with E-state index in [1.165, 1.54) is 5.56 Å². The van der Waals surface area contributed by atoms with Crippen LogP contribution in [0.3, 0.4) is 0 Å². The van der Waals surface area contributed by atoms with Crippen molar-refractivity contribution >= 4 is 29.9 Å². The third kappa shape index (κ3) is 8.62. The summed E-state index contributed by atoms with van der Waals surface area (Å²) in [6.07, 6.45) is 3.22. The monoisotopic (exact) mass is 508 g/mol. The predicted octanol–water partition coefficient (Wildman–Crippen LogP) is 3.90. The normalized spacial score (nSPS) is 15.4. The maximum Gasteiger partial charge on any atom is 0.191 e. The second-order valence-electron chi connectivity index (χ2n) is 7.19. The van der Waals surface area contributed by atoms with Gasteiger partial charge in [0.1, 0.15) is 5.75 Å². The number of halogens is 1. The summed E-state index contributed by atoms with van der Waals surface area (Å²) in [5.74, 6) is 1.81. The van der Waals surface area contributed by atoms with Gasteiger partial charge in [0.2, 0.25) is 0 Å². The molecule has 1 heterocycles. The van der Waals surface area contributed by atoms with E-state index >= 15 is 0 Å². The van der Waals surface area contributed by atoms with E-state index in [4.69, 9.17) is 4.74 Å². The van der Waals surface area contributed by atoms with Crippen LogP contribution in [0.25, 0.3) is 0 Å². The maximum atomic E-state index is 5.73. The summed E-state index contributed by atoms with van der Waals surface area (Å²) in [5.41, 5.74) is 1.39. The van der Waals surface area contributed by atoms with Gasteiger partial charge in [0.15, 0.2) is 5.96 Å². The number of nitrogens with zero attached hydrogens (tertiary/aromatic N) is 2. The Balaban J connectivity index is 0.00000300. The van der Waals surface area contributed by atoms with Crippen LogP contribution in [0.1, 0.15) is 24.8 Å². The highest BCUT2D eigenvalue weighted by Gasteiger charge is 2.19. The molecule has 158 valence electrons. The molecule has 6 heteroatoms. The molecule has 0 aromatic heterocycles. The second-order valence-corrected chi connectivity index (χ2v) is 7.19. The summed E-state index contributed by atoms with van der Waals surface area (Å²) >= 11 is 0. The van der Waals surface area contributed by atoms with Crippen molar-refractivity contribution in [3.8, 4) is 5.75 Å². The minimum Gasteiger partial charge on any atom is -0.494 e. The van der Waals surface area contributed by atoms with Crippen molar-refractivity contribution in [2.45, 2.75) is 31.8 Å². The average Bonchev–Trinajstić information content (AvgIpc) is 2.75. The molecule has 0 atom stereocenters. The number of rotatable bonds is 8. The molecule has 29 heavy (non-hydrogen) atoms. The number of hydrogen-bond donors (Lipinski definition) is 2. The van der Waals surface area contributed by atoms with Gasteiger partial charge < -0.3 is 15.4 Å². The first-order chi connectivity index (χ1) is 13.8. The molecule has 1 aliphatic rings. The molecule has 5 nitrogen and oxygen atoms in total. The van der Waals surface area contributed by atoms with E-state index in [9.17, 15) is 0 Å². The van der Waals surface area contributed by atoms with Gasteiger partial charge in [-0.1, -0.05) is 48.5 Å². The van der Waals surface area contributed by atoms with Crippen LogP contribution in [-0.4, -0.2) is 50.2 Å². The zero-order valence-corrected chi connectivity index (χ0v) is 19.5. The summed E-state index contributed by atoms with van der Waals surface area (Å²) in [5, 5.41) is 6.97. The molecule has 0 amide bonds. The Hall–Kier alpha value is -1.80. The van der Waals surface area contributed by atoms with Gasteiger partial charge in [-0.15, -0.1) is 24.0 Å². The molecule has 2 aromatic rings. The zero-order chi connectivity index (χ0) is 19.4. The molecule has 2 N–H and O–H groups in total. The molecule has 1 saturated heterocycles. The highest BCUT2D eigenvalue weighted by Crippen LogP contribution is 2.14. The maximum absolute atomic E-state index is 5.73. The summed E-state index contributed by atoms with van der Waals surface area (Å²) in [6.45, 7) is 4.83. The minimum atomic E-state index is 0. The largest absolute Gasteiger partial charge is 0.494 e. The van der Waals surface area contributed by atoms with E-state index in [1.807, 2.05) is 37.4 Å². The molecule has 0 spiro atoms. The summed E-state index contributed by atoms with van der Waals surface area (Å²) < 4.78 is 5.73. The van der Waals surface area contributed by atoms with Crippen molar-refractivity contribution in [3.05, 3.63) is 66.2 Å². The lowest BCUT2D eigenvalue weighted by atomic mass is 10.0. The number of benzene rings is 2. The van der Waals surface area contributed by atoms with Crippen molar-refractivity contribution in [3.63, 3.8) is 0 Å². The molecule has 0 aliphatic carbocycles. The molecule has 0 unspecified atom stereocenters. The number of piperidine rings is 1. The van der Waals surface area contributed by atoms with E-state index in [1.54, 1.807) is 0 Å². The highest BCUT2D eigenvalue weighted by molar-refractivity contribution is 14.0. The third-order valence-electron chi connectivity index (χ3n) is 5.03. The SMILES string of the molecule is CN=C(NCCCOc1ccccc1)NC1CCN(Cc2ccccc2)CC1.I. The van der Waals surface area contributed by atoms with Crippen molar-refractivity contribution < 1.29 is 4.74 Å². The number of para-hydroxylation sites is 1. The van der Waals surface area contributed by atoms with Crippen LogP contribution < -0.4 is 15.4 Å². The van der Waals surface area contributed by atoms with Gasteiger partial charge in [0.25, 0.3) is 0 Å². The van der Waals surface area contributed by atoms with Crippen LogP contribution in [0.5, 0.6) is 5.75 Å². The van der Waals surface area contributed by atoms with Gasteiger partial charge in [-0.3, -0.25) is 9.89 Å². The number of hydrogen-bond acceptors (Lipinski definition) is 3. The summed E-state index contributed by atoms with van der Waals surface area (Å²) in [6, 6.07) is 21.1. The first kappa shape index (κ1) is 23.5. The quantitative estimate of drug-likeness (QED) is 0.246. The number of aliphatic imine (C=N–C) groups is 1. The predicted molar refractivity (Wildman–Crippen MR) is 131 cm³/mol. The van der Waals surface area contributed by atoms with E-state index in [0.29, 0.717) is 12.6 Å². The summed E-state index contributed by atoms with van der Waals surface area (Å²) in [4.78, 5) is 6.90. The lowest BCUT2D eigenvalue weighted by Crippen LogP contribution is -2.48. The van der Waals surface area contributed by atoms with Crippen LogP contribution in [0, 0.1) is 0 Å². The summed E-state index contributed by atoms with van der Waals surface area (Å²) in [7, 11) is 1.83. The Kier molecular flexibility index (Phi) is 10.9. The molecular formula is C23H33IN4O.